The Labute approximate surface area is 212 Å². The summed E-state index contributed by atoms with van der Waals surface area (Å²) in [5.74, 6) is -1.53. The fraction of sp³-hybridized carbons (Fsp3) is 0.462. The van der Waals surface area contributed by atoms with Crippen molar-refractivity contribution in [3.8, 4) is 0 Å². The van der Waals surface area contributed by atoms with Gasteiger partial charge in [0.15, 0.2) is 0 Å². The van der Waals surface area contributed by atoms with Gasteiger partial charge in [-0.05, 0) is 75.6 Å². The molecule has 2 aromatic carbocycles. The van der Waals surface area contributed by atoms with E-state index in [9.17, 15) is 26.8 Å². The normalized spacial score (nSPS) is 12.6. The fourth-order valence-electron chi connectivity index (χ4n) is 3.77. The molecule has 0 saturated heterocycles. The molecule has 0 radical (unpaired) electrons. The lowest BCUT2D eigenvalue weighted by Crippen LogP contribution is -2.53. The van der Waals surface area contributed by atoms with Gasteiger partial charge in [-0.1, -0.05) is 19.1 Å². The van der Waals surface area contributed by atoms with Gasteiger partial charge in [0.05, 0.1) is 11.9 Å². The van der Waals surface area contributed by atoms with Gasteiger partial charge >= 0.3 is 0 Å². The molecule has 0 aromatic heterocycles. The Hall–Kier alpha value is -3.01. The van der Waals surface area contributed by atoms with Crippen LogP contribution in [0, 0.1) is 11.6 Å². The van der Waals surface area contributed by atoms with Crippen molar-refractivity contribution in [3.63, 3.8) is 0 Å². The Bertz CT molecular complexity index is 1130. The van der Waals surface area contributed by atoms with Gasteiger partial charge in [0.25, 0.3) is 0 Å². The summed E-state index contributed by atoms with van der Waals surface area (Å²) >= 11 is 0. The molecule has 0 spiro atoms. The van der Waals surface area contributed by atoms with E-state index in [-0.39, 0.29) is 37.7 Å². The van der Waals surface area contributed by atoms with E-state index < -0.39 is 33.2 Å². The maximum Gasteiger partial charge on any atom is 0.243 e. The number of anilines is 1. The number of rotatable bonds is 11. The van der Waals surface area contributed by atoms with Crippen LogP contribution >= 0.6 is 0 Å². The van der Waals surface area contributed by atoms with Crippen molar-refractivity contribution in [2.45, 2.75) is 65.1 Å². The van der Waals surface area contributed by atoms with Crippen molar-refractivity contribution < 1.29 is 26.8 Å². The largest absolute Gasteiger partial charge is 0.350 e. The third-order valence-electron chi connectivity index (χ3n) is 5.42. The molecule has 0 aliphatic rings. The van der Waals surface area contributed by atoms with Crippen molar-refractivity contribution in [2.75, 3.05) is 17.1 Å². The Kier molecular flexibility index (Phi) is 9.98. The van der Waals surface area contributed by atoms with Crippen LogP contribution in [0.2, 0.25) is 0 Å². The topological polar surface area (TPSA) is 86.8 Å². The fourth-order valence-corrected chi connectivity index (χ4v) is 4.74. The Morgan fingerprint density at radius 3 is 1.97 bits per heavy atom. The highest BCUT2D eigenvalue weighted by Crippen LogP contribution is 2.20. The van der Waals surface area contributed by atoms with Gasteiger partial charge < -0.3 is 10.2 Å². The monoisotopic (exact) mass is 523 g/mol. The van der Waals surface area contributed by atoms with Gasteiger partial charge in [-0.3, -0.25) is 13.9 Å². The zero-order valence-electron chi connectivity index (χ0n) is 21.4. The quantitative estimate of drug-likeness (QED) is 0.478. The SMILES string of the molecule is CC[C@@H](C(=O)NC(C)(C)C)N(Cc1ccc(F)cc1)C(=O)CCCN(c1ccc(F)cc1)S(C)(=O)=O. The van der Waals surface area contributed by atoms with Crippen LogP contribution < -0.4 is 9.62 Å². The summed E-state index contributed by atoms with van der Waals surface area (Å²) < 4.78 is 52.5. The number of sulfonamides is 1. The number of benzene rings is 2. The molecule has 36 heavy (non-hydrogen) atoms. The van der Waals surface area contributed by atoms with Crippen LogP contribution in [0.15, 0.2) is 48.5 Å². The number of nitrogens with zero attached hydrogens (tertiary/aromatic N) is 2. The van der Waals surface area contributed by atoms with Gasteiger partial charge in [-0.25, -0.2) is 17.2 Å². The number of halogens is 2. The van der Waals surface area contributed by atoms with Crippen LogP contribution in [0.4, 0.5) is 14.5 Å². The molecule has 10 heteroatoms. The molecule has 0 fully saturated rings. The van der Waals surface area contributed by atoms with Gasteiger partial charge in [0.2, 0.25) is 21.8 Å². The first-order valence-corrected chi connectivity index (χ1v) is 13.7. The predicted octanol–water partition coefficient (Wildman–Crippen LogP) is 4.23. The molecule has 1 atom stereocenters. The number of carbonyl (C=O) groups excluding carboxylic acids is 2. The first-order valence-electron chi connectivity index (χ1n) is 11.8. The predicted molar refractivity (Wildman–Crippen MR) is 137 cm³/mol. The maximum absolute atomic E-state index is 13.4. The molecular weight excluding hydrogens is 488 g/mol. The molecule has 1 N–H and O–H groups in total. The molecule has 2 amide bonds. The Morgan fingerprint density at radius 2 is 1.50 bits per heavy atom. The summed E-state index contributed by atoms with van der Waals surface area (Å²) in [5.41, 5.74) is 0.460. The second kappa shape index (κ2) is 12.3. The second-order valence-corrected chi connectivity index (χ2v) is 11.6. The first kappa shape index (κ1) is 29.2. The summed E-state index contributed by atoms with van der Waals surface area (Å²) in [4.78, 5) is 27.8. The van der Waals surface area contributed by atoms with Gasteiger partial charge in [0, 0.05) is 25.0 Å². The van der Waals surface area contributed by atoms with Crippen LogP contribution in [0.25, 0.3) is 0 Å². The Balaban J connectivity index is 2.22. The molecule has 7 nitrogen and oxygen atoms in total. The molecule has 0 aliphatic heterocycles. The molecule has 198 valence electrons. The molecule has 0 saturated carbocycles. The summed E-state index contributed by atoms with van der Waals surface area (Å²) in [6, 6.07) is 10.0. The van der Waals surface area contributed by atoms with Crippen LogP contribution in [-0.2, 0) is 26.2 Å². The lowest BCUT2D eigenvalue weighted by atomic mass is 10.0. The van der Waals surface area contributed by atoms with Crippen molar-refractivity contribution in [1.29, 1.82) is 0 Å². The lowest BCUT2D eigenvalue weighted by molar-refractivity contribution is -0.142. The third-order valence-corrected chi connectivity index (χ3v) is 6.61. The second-order valence-electron chi connectivity index (χ2n) is 9.73. The van der Waals surface area contributed by atoms with Crippen molar-refractivity contribution in [3.05, 3.63) is 65.7 Å². The highest BCUT2D eigenvalue weighted by Gasteiger charge is 2.30. The number of hydrogen-bond donors (Lipinski definition) is 1. The van der Waals surface area contributed by atoms with E-state index in [1.807, 2.05) is 20.8 Å². The zero-order chi connectivity index (χ0) is 27.1. The van der Waals surface area contributed by atoms with E-state index in [1.165, 1.54) is 41.3 Å². The highest BCUT2D eigenvalue weighted by atomic mass is 32.2. The van der Waals surface area contributed by atoms with E-state index in [4.69, 9.17) is 0 Å². The van der Waals surface area contributed by atoms with Gasteiger partial charge in [-0.2, -0.15) is 0 Å². The van der Waals surface area contributed by atoms with E-state index in [2.05, 4.69) is 5.32 Å². The minimum Gasteiger partial charge on any atom is -0.350 e. The van der Waals surface area contributed by atoms with Crippen molar-refractivity contribution in [1.82, 2.24) is 10.2 Å². The van der Waals surface area contributed by atoms with E-state index in [0.29, 0.717) is 17.7 Å². The van der Waals surface area contributed by atoms with Crippen LogP contribution in [0.1, 0.15) is 52.5 Å². The van der Waals surface area contributed by atoms with E-state index in [1.54, 1.807) is 19.1 Å². The van der Waals surface area contributed by atoms with Crippen LogP contribution in [0.5, 0.6) is 0 Å². The zero-order valence-corrected chi connectivity index (χ0v) is 22.2. The van der Waals surface area contributed by atoms with Crippen molar-refractivity contribution in [2.24, 2.45) is 0 Å². The summed E-state index contributed by atoms with van der Waals surface area (Å²) in [6.45, 7) is 7.45. The summed E-state index contributed by atoms with van der Waals surface area (Å²) in [5, 5.41) is 2.91. The summed E-state index contributed by atoms with van der Waals surface area (Å²) in [6.07, 6.45) is 1.57. The lowest BCUT2D eigenvalue weighted by Gasteiger charge is -2.33. The van der Waals surface area contributed by atoms with Crippen molar-refractivity contribution >= 4 is 27.5 Å². The van der Waals surface area contributed by atoms with E-state index >= 15 is 0 Å². The summed E-state index contributed by atoms with van der Waals surface area (Å²) in [7, 11) is -3.67. The highest BCUT2D eigenvalue weighted by molar-refractivity contribution is 7.92. The Morgan fingerprint density at radius 1 is 0.972 bits per heavy atom. The molecule has 0 heterocycles. The standard InChI is InChI=1S/C26H35F2N3O4S/c1-6-23(25(33)29-26(2,3)4)30(18-19-9-11-20(27)12-10-19)24(32)8-7-17-31(36(5,34)35)22-15-13-21(28)14-16-22/h9-16,23H,6-8,17-18H2,1-5H3,(H,29,33)/t23-/m0/s1. The average molecular weight is 524 g/mol. The number of amides is 2. The van der Waals surface area contributed by atoms with Crippen LogP contribution in [-0.4, -0.2) is 49.5 Å². The number of carbonyl (C=O) groups is 2. The molecule has 2 rings (SSSR count). The maximum atomic E-state index is 13.4. The van der Waals surface area contributed by atoms with Crippen LogP contribution in [0.3, 0.4) is 0 Å². The molecular formula is C26H35F2N3O4S. The number of hydrogen-bond acceptors (Lipinski definition) is 4. The smallest absolute Gasteiger partial charge is 0.243 e. The van der Waals surface area contributed by atoms with Gasteiger partial charge in [0.1, 0.15) is 17.7 Å². The minimum absolute atomic E-state index is 0.00553. The third kappa shape index (κ3) is 8.89. The molecule has 0 unspecified atom stereocenters. The first-order chi connectivity index (χ1) is 16.7. The molecule has 0 aliphatic carbocycles. The molecule has 2 aromatic rings. The van der Waals surface area contributed by atoms with E-state index in [0.717, 1.165) is 10.6 Å². The minimum atomic E-state index is -3.67. The average Bonchev–Trinajstić information content (AvgIpc) is 2.76. The molecule has 0 bridgehead atoms. The van der Waals surface area contributed by atoms with Gasteiger partial charge in [-0.15, -0.1) is 0 Å². The number of nitrogens with one attached hydrogen (secondary N) is 1.